The molecule has 0 spiro atoms. The Balaban J connectivity index is 0.000000221. The van der Waals surface area contributed by atoms with Crippen LogP contribution in [0.3, 0.4) is 0 Å². The number of anilines is 1. The summed E-state index contributed by atoms with van der Waals surface area (Å²) in [5.74, 6) is 2.70. The van der Waals surface area contributed by atoms with Gasteiger partial charge in [0.1, 0.15) is 17.4 Å². The number of benzene rings is 2. The molecule has 268 valence electrons. The van der Waals surface area contributed by atoms with Gasteiger partial charge in [0.05, 0.1) is 13.7 Å². The maximum absolute atomic E-state index is 10.5. The molecule has 0 bridgehead atoms. The van der Waals surface area contributed by atoms with Gasteiger partial charge in [-0.1, -0.05) is 32.9 Å². The molecule has 2 aromatic carbocycles. The Hall–Kier alpha value is -2.83. The zero-order valence-corrected chi connectivity index (χ0v) is 30.6. The highest BCUT2D eigenvalue weighted by Gasteiger charge is 2.47. The summed E-state index contributed by atoms with van der Waals surface area (Å²) < 4.78 is 29.3. The summed E-state index contributed by atoms with van der Waals surface area (Å²) >= 11 is 1.82. The van der Waals surface area contributed by atoms with Gasteiger partial charge in [0, 0.05) is 44.4 Å². The number of oxazole rings is 1. The molecule has 48 heavy (non-hydrogen) atoms. The molecule has 0 amide bonds. The Labute approximate surface area is 292 Å². The lowest BCUT2D eigenvalue weighted by Gasteiger charge is -2.36. The number of hydrogen-bond acceptors (Lipinski definition) is 11. The number of fused-ring (bicyclic) bond motifs is 2. The number of rotatable bonds is 14. The van der Waals surface area contributed by atoms with Crippen LogP contribution in [-0.4, -0.2) is 81.7 Å². The third kappa shape index (κ3) is 11.7. The molecule has 2 saturated carbocycles. The number of hydrogen-bond donors (Lipinski definition) is 2. The van der Waals surface area contributed by atoms with E-state index in [4.69, 9.17) is 23.4 Å². The standard InChI is InChI=1S/C18H28N4OS.C11H18O4.C8H10O.H2/c1-13(2)12-22(10-4-9-19-3)24-15-7-8-16-17(11-15)23-18(21-16)20-14-5-6-14;1-7-3-4-8-9(10(7)15-6-12)5-14-11(8)13-2;1-7-4-3-5-8(6-7)9-2;/h7-8,11,13-14,19H,4-6,9-10,12H2,1-3H3,(H,20,21);6-11H,3-5H2,1-2H3;3-6H,1-2H3;1H. The van der Waals surface area contributed by atoms with Crippen LogP contribution in [-0.2, 0) is 19.0 Å². The molecule has 1 aromatic heterocycles. The van der Waals surface area contributed by atoms with E-state index >= 15 is 0 Å². The molecule has 6 rings (SSSR count). The van der Waals surface area contributed by atoms with Gasteiger partial charge in [0.25, 0.3) is 12.5 Å². The second-order valence-corrected chi connectivity index (χ2v) is 14.6. The van der Waals surface area contributed by atoms with Crippen molar-refractivity contribution in [2.24, 2.45) is 23.7 Å². The average molecular weight is 687 g/mol. The van der Waals surface area contributed by atoms with Crippen LogP contribution in [0.25, 0.3) is 11.1 Å². The van der Waals surface area contributed by atoms with Gasteiger partial charge < -0.3 is 34.0 Å². The van der Waals surface area contributed by atoms with E-state index in [1.165, 1.54) is 23.3 Å². The SMILES string of the molecule is CNCCCN(CC(C)C)Sc1ccc2nc(NC3CC3)oc2c1.COC1OCC2C1CCC(C)C2OC=O.COc1cccc(C)c1.[HH]. The lowest BCUT2D eigenvalue weighted by molar-refractivity contribution is -0.144. The number of aromatic nitrogens is 1. The largest absolute Gasteiger partial charge is 0.497 e. The van der Waals surface area contributed by atoms with Crippen molar-refractivity contribution in [3.63, 3.8) is 0 Å². The molecule has 2 heterocycles. The number of carbonyl (C=O) groups is 1. The van der Waals surface area contributed by atoms with E-state index in [-0.39, 0.29) is 13.8 Å². The predicted molar refractivity (Wildman–Crippen MR) is 194 cm³/mol. The van der Waals surface area contributed by atoms with Crippen LogP contribution in [0.2, 0.25) is 0 Å². The third-order valence-corrected chi connectivity index (χ3v) is 9.92. The molecular weight excluding hydrogens is 628 g/mol. The molecule has 2 N–H and O–H groups in total. The Kier molecular flexibility index (Phi) is 15.3. The smallest absolute Gasteiger partial charge is 0.295 e. The van der Waals surface area contributed by atoms with Crippen LogP contribution in [0.1, 0.15) is 59.9 Å². The Morgan fingerprint density at radius 2 is 1.94 bits per heavy atom. The third-order valence-electron chi connectivity index (χ3n) is 8.86. The highest BCUT2D eigenvalue weighted by atomic mass is 32.2. The van der Waals surface area contributed by atoms with E-state index in [2.05, 4.69) is 58.9 Å². The number of ether oxygens (including phenoxy) is 4. The van der Waals surface area contributed by atoms with Gasteiger partial charge in [-0.05, 0) is 112 Å². The summed E-state index contributed by atoms with van der Waals surface area (Å²) in [6, 6.07) is 15.5. The summed E-state index contributed by atoms with van der Waals surface area (Å²) in [5.41, 5.74) is 3.02. The highest BCUT2D eigenvalue weighted by Crippen LogP contribution is 2.42. The molecule has 0 radical (unpaired) electrons. The number of methoxy groups -OCH3 is 2. The lowest BCUT2D eigenvalue weighted by atomic mass is 9.73. The molecule has 2 aliphatic carbocycles. The number of aryl methyl sites for hydroxylation is 1. The van der Waals surface area contributed by atoms with Crippen molar-refractivity contribution in [1.82, 2.24) is 14.6 Å². The summed E-state index contributed by atoms with van der Waals surface area (Å²) in [5, 5.41) is 6.55. The zero-order valence-electron chi connectivity index (χ0n) is 29.8. The van der Waals surface area contributed by atoms with Gasteiger partial charge in [-0.2, -0.15) is 4.98 Å². The van der Waals surface area contributed by atoms with E-state index in [9.17, 15) is 4.79 Å². The highest BCUT2D eigenvalue weighted by molar-refractivity contribution is 7.97. The summed E-state index contributed by atoms with van der Waals surface area (Å²) in [4.78, 5) is 16.2. The second kappa shape index (κ2) is 19.4. The van der Waals surface area contributed by atoms with Crippen molar-refractivity contribution in [3.05, 3.63) is 48.0 Å². The van der Waals surface area contributed by atoms with E-state index in [0.717, 1.165) is 55.7 Å². The molecule has 5 atom stereocenters. The van der Waals surface area contributed by atoms with Crippen LogP contribution in [0.15, 0.2) is 51.8 Å². The Morgan fingerprint density at radius 3 is 2.58 bits per heavy atom. The molecule has 1 saturated heterocycles. The van der Waals surface area contributed by atoms with Crippen molar-refractivity contribution in [1.29, 1.82) is 0 Å². The summed E-state index contributed by atoms with van der Waals surface area (Å²) in [6.45, 7) is 13.1. The van der Waals surface area contributed by atoms with Crippen LogP contribution < -0.4 is 15.4 Å². The first-order valence-corrected chi connectivity index (χ1v) is 18.1. The van der Waals surface area contributed by atoms with E-state index in [1.54, 1.807) is 14.2 Å². The fraction of sp³-hybridized carbons (Fsp3) is 0.622. The van der Waals surface area contributed by atoms with Gasteiger partial charge in [0.15, 0.2) is 11.9 Å². The fourth-order valence-electron chi connectivity index (χ4n) is 6.26. The first-order chi connectivity index (χ1) is 23.2. The monoisotopic (exact) mass is 686 g/mol. The summed E-state index contributed by atoms with van der Waals surface area (Å²) in [7, 11) is 5.35. The van der Waals surface area contributed by atoms with Crippen molar-refractivity contribution in [2.45, 2.75) is 83.1 Å². The minimum atomic E-state index is -0.111. The van der Waals surface area contributed by atoms with Gasteiger partial charge in [-0.25, -0.2) is 4.31 Å². The van der Waals surface area contributed by atoms with E-state index in [1.807, 2.05) is 50.2 Å². The first-order valence-electron chi connectivity index (χ1n) is 17.3. The molecular formula is C37H58N4O6S. The molecule has 3 fully saturated rings. The number of nitrogens with zero attached hydrogens (tertiary/aromatic N) is 2. The minimum absolute atomic E-state index is 0. The molecule has 1 aliphatic heterocycles. The first kappa shape index (κ1) is 38.0. The van der Waals surface area contributed by atoms with Gasteiger partial charge >= 0.3 is 0 Å². The van der Waals surface area contributed by atoms with Crippen molar-refractivity contribution in [3.8, 4) is 5.75 Å². The van der Waals surface area contributed by atoms with E-state index in [0.29, 0.717) is 48.8 Å². The van der Waals surface area contributed by atoms with Crippen LogP contribution >= 0.6 is 11.9 Å². The molecule has 3 aromatic rings. The molecule has 5 unspecified atom stereocenters. The zero-order chi connectivity index (χ0) is 34.5. The number of carbonyl (C=O) groups excluding carboxylic acids is 1. The van der Waals surface area contributed by atoms with Crippen LogP contribution in [0.4, 0.5) is 6.01 Å². The predicted octanol–water partition coefficient (Wildman–Crippen LogP) is 7.42. The van der Waals surface area contributed by atoms with Gasteiger partial charge in [-0.3, -0.25) is 4.79 Å². The molecule has 10 nitrogen and oxygen atoms in total. The van der Waals surface area contributed by atoms with Crippen LogP contribution in [0.5, 0.6) is 5.75 Å². The topological polar surface area (TPSA) is 107 Å². The van der Waals surface area contributed by atoms with Crippen molar-refractivity contribution >= 4 is 35.5 Å². The molecule has 3 aliphatic rings. The van der Waals surface area contributed by atoms with E-state index < -0.39 is 0 Å². The summed E-state index contributed by atoms with van der Waals surface area (Å²) in [6.07, 6.45) is 5.65. The van der Waals surface area contributed by atoms with Crippen molar-refractivity contribution in [2.75, 3.05) is 52.8 Å². The number of nitrogens with one attached hydrogen (secondary N) is 2. The normalized spacial score (nSPS) is 23.1. The van der Waals surface area contributed by atoms with Gasteiger partial charge in [0.2, 0.25) is 0 Å². The Morgan fingerprint density at radius 1 is 1.12 bits per heavy atom. The van der Waals surface area contributed by atoms with Gasteiger partial charge in [-0.15, -0.1) is 0 Å². The fourth-order valence-corrected chi connectivity index (χ4v) is 7.44. The minimum Gasteiger partial charge on any atom is -0.497 e. The van der Waals surface area contributed by atoms with Crippen LogP contribution in [0, 0.1) is 30.6 Å². The lowest BCUT2D eigenvalue weighted by Crippen LogP contribution is -2.40. The average Bonchev–Trinajstić information content (AvgIpc) is 3.63. The molecule has 11 heteroatoms. The second-order valence-electron chi connectivity index (χ2n) is 13.4. The maximum atomic E-state index is 10.5. The quantitative estimate of drug-likeness (QED) is 0.101. The maximum Gasteiger partial charge on any atom is 0.295 e. The van der Waals surface area contributed by atoms with Crippen molar-refractivity contribution < 1.29 is 29.6 Å². The Bertz CT molecular complexity index is 1390.